The van der Waals surface area contributed by atoms with Gasteiger partial charge in [0.15, 0.2) is 6.10 Å². The van der Waals surface area contributed by atoms with Gasteiger partial charge in [-0.3, -0.25) is 18.6 Å². The van der Waals surface area contributed by atoms with Crippen molar-refractivity contribution in [2.24, 2.45) is 0 Å². The molecule has 0 aromatic carbocycles. The van der Waals surface area contributed by atoms with Gasteiger partial charge in [-0.25, -0.2) is 4.57 Å². The van der Waals surface area contributed by atoms with E-state index in [9.17, 15) is 19.0 Å². The number of hydrogen-bond acceptors (Lipinski definition) is 7. The van der Waals surface area contributed by atoms with Gasteiger partial charge in [-0.15, -0.1) is 0 Å². The van der Waals surface area contributed by atoms with E-state index in [4.69, 9.17) is 18.5 Å². The number of phosphoric ester groups is 1. The lowest BCUT2D eigenvalue weighted by Gasteiger charge is -2.24. The Hall–Kier alpha value is -1.25. The SMILES string of the molecule is CCCCCCCC/C=C\CCCCCC(=O)OC[C@H](COP(=O)(O)OCC[N+](C)(C)C)OC(C)=O. The maximum Gasteiger partial charge on any atom is 0.472 e. The number of quaternary nitrogens is 1. The molecular formula is C26H51NO8P+. The Bertz CT molecular complexity index is 663. The van der Waals surface area contributed by atoms with Crippen molar-refractivity contribution in [3.8, 4) is 0 Å². The molecule has 2 atom stereocenters. The highest BCUT2D eigenvalue weighted by atomic mass is 31.2. The Balaban J connectivity index is 4.03. The average Bonchev–Trinajstić information content (AvgIpc) is 2.77. The Morgan fingerprint density at radius 3 is 2.06 bits per heavy atom. The molecule has 0 amide bonds. The Morgan fingerprint density at radius 2 is 1.47 bits per heavy atom. The summed E-state index contributed by atoms with van der Waals surface area (Å²) in [4.78, 5) is 33.2. The molecule has 0 aromatic heterocycles. The summed E-state index contributed by atoms with van der Waals surface area (Å²) < 4.78 is 32.7. The number of carbonyl (C=O) groups excluding carboxylic acids is 2. The summed E-state index contributed by atoms with van der Waals surface area (Å²) in [5.74, 6) is -1.01. The number of carbonyl (C=O) groups is 2. The Morgan fingerprint density at radius 1 is 0.889 bits per heavy atom. The highest BCUT2D eigenvalue weighted by Gasteiger charge is 2.26. The Kier molecular flexibility index (Phi) is 20.0. The standard InChI is InChI=1S/C26H50NO8P/c1-6-7-8-9-10-11-12-13-14-15-16-17-18-19-26(29)32-22-25(35-24(2)28)23-34-36(30,31)33-21-20-27(3,4)5/h13-14,25H,6-12,15-23H2,1-5H3/p+1/b14-13-/t25-/m1/s1. The second-order valence-electron chi connectivity index (χ2n) is 10.2. The maximum atomic E-state index is 12.0. The summed E-state index contributed by atoms with van der Waals surface area (Å²) in [7, 11) is 1.46. The van der Waals surface area contributed by atoms with Crippen LogP contribution in [-0.4, -0.2) is 74.9 Å². The van der Waals surface area contributed by atoms with Crippen molar-refractivity contribution in [2.75, 3.05) is 47.5 Å². The zero-order valence-electron chi connectivity index (χ0n) is 23.2. The zero-order chi connectivity index (χ0) is 27.3. The number of nitrogens with zero attached hydrogens (tertiary/aromatic N) is 1. The molecule has 0 aromatic rings. The molecule has 0 rings (SSSR count). The first-order valence-corrected chi connectivity index (χ1v) is 14.8. The number of esters is 2. The monoisotopic (exact) mass is 536 g/mol. The topological polar surface area (TPSA) is 108 Å². The third-order valence-corrected chi connectivity index (χ3v) is 6.33. The normalized spacial score (nSPS) is 14.5. The van der Waals surface area contributed by atoms with Crippen molar-refractivity contribution < 1.29 is 42.1 Å². The van der Waals surface area contributed by atoms with Gasteiger partial charge < -0.3 is 18.9 Å². The molecule has 0 aliphatic heterocycles. The Labute approximate surface area is 218 Å². The minimum absolute atomic E-state index is 0.0272. The number of ether oxygens (including phenoxy) is 2. The van der Waals surface area contributed by atoms with Crippen molar-refractivity contribution in [1.82, 2.24) is 0 Å². The minimum Gasteiger partial charge on any atom is -0.462 e. The molecule has 0 radical (unpaired) electrons. The molecule has 0 fully saturated rings. The van der Waals surface area contributed by atoms with Crippen LogP contribution in [0.2, 0.25) is 0 Å². The molecule has 36 heavy (non-hydrogen) atoms. The molecule has 0 heterocycles. The second-order valence-corrected chi connectivity index (χ2v) is 11.6. The van der Waals surface area contributed by atoms with Gasteiger partial charge in [0.1, 0.15) is 19.8 Å². The summed E-state index contributed by atoms with van der Waals surface area (Å²) in [6, 6.07) is 0. The number of rotatable bonds is 23. The van der Waals surface area contributed by atoms with Gasteiger partial charge in [-0.2, -0.15) is 0 Å². The van der Waals surface area contributed by atoms with Crippen LogP contribution >= 0.6 is 7.82 Å². The van der Waals surface area contributed by atoms with E-state index < -0.39 is 32.5 Å². The van der Waals surface area contributed by atoms with Gasteiger partial charge in [-0.05, 0) is 32.1 Å². The third kappa shape index (κ3) is 24.4. The molecule has 0 aliphatic carbocycles. The molecule has 212 valence electrons. The average molecular weight is 537 g/mol. The van der Waals surface area contributed by atoms with Gasteiger partial charge in [0.25, 0.3) is 0 Å². The second kappa shape index (κ2) is 20.8. The quantitative estimate of drug-likeness (QED) is 0.0595. The fourth-order valence-corrected chi connectivity index (χ4v) is 3.98. The van der Waals surface area contributed by atoms with Crippen molar-refractivity contribution in [3.63, 3.8) is 0 Å². The molecule has 1 unspecified atom stereocenters. The largest absolute Gasteiger partial charge is 0.472 e. The van der Waals surface area contributed by atoms with Crippen molar-refractivity contribution in [2.45, 2.75) is 97.0 Å². The fraction of sp³-hybridized carbons (Fsp3) is 0.846. The van der Waals surface area contributed by atoms with Crippen LogP contribution in [-0.2, 0) is 32.7 Å². The summed E-state index contributed by atoms with van der Waals surface area (Å²) in [6.45, 7) is 3.30. The first-order chi connectivity index (χ1) is 16.9. The van der Waals surface area contributed by atoms with Crippen LogP contribution in [0.25, 0.3) is 0 Å². The van der Waals surface area contributed by atoms with E-state index in [1.54, 1.807) is 0 Å². The van der Waals surface area contributed by atoms with Gasteiger partial charge in [0, 0.05) is 13.3 Å². The summed E-state index contributed by atoms with van der Waals surface area (Å²) in [6.07, 6.45) is 16.4. The molecule has 0 saturated carbocycles. The first kappa shape index (κ1) is 34.8. The highest BCUT2D eigenvalue weighted by molar-refractivity contribution is 7.47. The van der Waals surface area contributed by atoms with Crippen LogP contribution in [0.4, 0.5) is 0 Å². The van der Waals surface area contributed by atoms with E-state index in [-0.39, 0.29) is 19.6 Å². The summed E-state index contributed by atoms with van der Waals surface area (Å²) in [5.41, 5.74) is 0. The van der Waals surface area contributed by atoms with Gasteiger partial charge in [0.2, 0.25) is 0 Å². The van der Waals surface area contributed by atoms with Crippen LogP contribution < -0.4 is 0 Å². The molecule has 9 nitrogen and oxygen atoms in total. The summed E-state index contributed by atoms with van der Waals surface area (Å²) >= 11 is 0. The lowest BCUT2D eigenvalue weighted by Crippen LogP contribution is -2.37. The highest BCUT2D eigenvalue weighted by Crippen LogP contribution is 2.43. The molecule has 0 aliphatic rings. The lowest BCUT2D eigenvalue weighted by molar-refractivity contribution is -0.870. The first-order valence-electron chi connectivity index (χ1n) is 13.4. The van der Waals surface area contributed by atoms with E-state index in [0.717, 1.165) is 25.7 Å². The molecule has 0 spiro atoms. The number of allylic oxidation sites excluding steroid dienone is 2. The van der Waals surface area contributed by atoms with Crippen LogP contribution in [0.1, 0.15) is 90.9 Å². The van der Waals surface area contributed by atoms with Gasteiger partial charge >= 0.3 is 19.8 Å². The third-order valence-electron chi connectivity index (χ3n) is 5.35. The fourth-order valence-electron chi connectivity index (χ4n) is 3.24. The molecule has 0 saturated heterocycles. The van der Waals surface area contributed by atoms with Crippen molar-refractivity contribution in [1.29, 1.82) is 0 Å². The van der Waals surface area contributed by atoms with Gasteiger partial charge in [0.05, 0.1) is 27.7 Å². The van der Waals surface area contributed by atoms with Gasteiger partial charge in [-0.1, -0.05) is 57.6 Å². The predicted octanol–water partition coefficient (Wildman–Crippen LogP) is 5.56. The molecular weight excluding hydrogens is 485 g/mol. The van der Waals surface area contributed by atoms with Crippen LogP contribution in [0.5, 0.6) is 0 Å². The minimum atomic E-state index is -4.31. The van der Waals surface area contributed by atoms with Crippen molar-refractivity contribution >= 4 is 19.8 Å². The van der Waals surface area contributed by atoms with Crippen LogP contribution in [0, 0.1) is 0 Å². The van der Waals surface area contributed by atoms with E-state index in [1.165, 1.54) is 45.4 Å². The molecule has 10 heteroatoms. The number of unbranched alkanes of at least 4 members (excludes halogenated alkanes) is 9. The smallest absolute Gasteiger partial charge is 0.462 e. The van der Waals surface area contributed by atoms with E-state index in [2.05, 4.69) is 19.1 Å². The van der Waals surface area contributed by atoms with Crippen LogP contribution in [0.3, 0.4) is 0 Å². The maximum absolute atomic E-state index is 12.0. The molecule has 1 N–H and O–H groups in total. The predicted molar refractivity (Wildman–Crippen MR) is 141 cm³/mol. The van der Waals surface area contributed by atoms with E-state index >= 15 is 0 Å². The number of hydrogen-bond donors (Lipinski definition) is 1. The lowest BCUT2D eigenvalue weighted by atomic mass is 10.1. The van der Waals surface area contributed by atoms with E-state index in [0.29, 0.717) is 17.4 Å². The summed E-state index contributed by atoms with van der Waals surface area (Å²) in [5, 5.41) is 0. The zero-order valence-corrected chi connectivity index (χ0v) is 24.1. The number of likely N-dealkylation sites (N-methyl/N-ethyl adjacent to an activating group) is 1. The van der Waals surface area contributed by atoms with Crippen LogP contribution in [0.15, 0.2) is 12.2 Å². The number of phosphoric acid groups is 1. The van der Waals surface area contributed by atoms with E-state index in [1.807, 2.05) is 21.1 Å². The molecule has 0 bridgehead atoms. The van der Waals surface area contributed by atoms with Crippen molar-refractivity contribution in [3.05, 3.63) is 12.2 Å².